The van der Waals surface area contributed by atoms with Crippen LogP contribution in [0.25, 0.3) is 10.9 Å². The van der Waals surface area contributed by atoms with Gasteiger partial charge in [-0.25, -0.2) is 4.79 Å². The van der Waals surface area contributed by atoms with E-state index in [2.05, 4.69) is 4.98 Å². The number of ketones is 1. The minimum Gasteiger partial charge on any atom is -0.453 e. The Bertz CT molecular complexity index is 911. The van der Waals surface area contributed by atoms with Gasteiger partial charge in [0.1, 0.15) is 5.69 Å². The summed E-state index contributed by atoms with van der Waals surface area (Å²) in [6.45, 7) is -0.643. The first kappa shape index (κ1) is 16.8. The maximum absolute atomic E-state index is 12.7. The molecule has 0 amide bonds. The lowest BCUT2D eigenvalue weighted by molar-refractivity contribution is -0.137. The molecule has 25 heavy (non-hydrogen) atoms. The van der Waals surface area contributed by atoms with Gasteiger partial charge in [0, 0.05) is 16.5 Å². The highest BCUT2D eigenvalue weighted by Gasteiger charge is 2.31. The number of carbonyl (C=O) groups is 2. The average Bonchev–Trinajstić information content (AvgIpc) is 3.03. The number of aromatic amines is 1. The normalized spacial score (nSPS) is 11.5. The Kier molecular flexibility index (Phi) is 4.31. The van der Waals surface area contributed by atoms with Crippen LogP contribution in [-0.2, 0) is 10.9 Å². The Balaban J connectivity index is 1.68. The van der Waals surface area contributed by atoms with E-state index in [-0.39, 0.29) is 11.3 Å². The molecule has 0 aliphatic rings. The first-order valence-electron chi connectivity index (χ1n) is 7.30. The number of ether oxygens (including phenoxy) is 1. The van der Waals surface area contributed by atoms with E-state index < -0.39 is 30.1 Å². The largest absolute Gasteiger partial charge is 0.453 e. The summed E-state index contributed by atoms with van der Waals surface area (Å²) in [5.41, 5.74) is -0.198. The van der Waals surface area contributed by atoms with Gasteiger partial charge in [0.25, 0.3) is 0 Å². The van der Waals surface area contributed by atoms with Crippen molar-refractivity contribution in [3.05, 3.63) is 71.4 Å². The number of esters is 1. The quantitative estimate of drug-likeness (QED) is 0.568. The molecular weight excluding hydrogens is 335 g/mol. The smallest absolute Gasteiger partial charge is 0.416 e. The lowest BCUT2D eigenvalue weighted by atomic mass is 10.1. The molecule has 0 bridgehead atoms. The van der Waals surface area contributed by atoms with Crippen molar-refractivity contribution in [2.75, 3.05) is 6.61 Å². The number of para-hydroxylation sites is 1. The third-order valence-corrected chi connectivity index (χ3v) is 3.60. The summed E-state index contributed by atoms with van der Waals surface area (Å²) in [5, 5.41) is 0.804. The Labute approximate surface area is 140 Å². The second kappa shape index (κ2) is 6.43. The standard InChI is InChI=1S/C18H12F3NO3/c19-18(20,21)13-6-3-5-12(8-13)16(23)10-25-17(24)15-9-11-4-1-2-7-14(11)22-15/h1-9,22H,10H2. The topological polar surface area (TPSA) is 59.2 Å². The Hall–Kier alpha value is -3.09. The van der Waals surface area contributed by atoms with Crippen molar-refractivity contribution in [3.63, 3.8) is 0 Å². The van der Waals surface area contributed by atoms with Crippen LogP contribution in [0, 0.1) is 0 Å². The molecule has 0 aliphatic carbocycles. The van der Waals surface area contributed by atoms with Gasteiger partial charge in [0.15, 0.2) is 12.4 Å². The van der Waals surface area contributed by atoms with E-state index in [0.29, 0.717) is 0 Å². The number of halogens is 3. The summed E-state index contributed by atoms with van der Waals surface area (Å²) >= 11 is 0. The molecule has 3 rings (SSSR count). The van der Waals surface area contributed by atoms with Crippen LogP contribution < -0.4 is 0 Å². The molecule has 1 aromatic heterocycles. The summed E-state index contributed by atoms with van der Waals surface area (Å²) in [6, 6.07) is 12.7. The molecule has 0 unspecified atom stereocenters. The zero-order valence-corrected chi connectivity index (χ0v) is 12.8. The highest BCUT2D eigenvalue weighted by atomic mass is 19.4. The van der Waals surface area contributed by atoms with Gasteiger partial charge in [0.05, 0.1) is 5.56 Å². The number of hydrogen-bond donors (Lipinski definition) is 1. The van der Waals surface area contributed by atoms with E-state index in [1.165, 1.54) is 6.07 Å². The number of H-pyrrole nitrogens is 1. The van der Waals surface area contributed by atoms with E-state index in [1.807, 2.05) is 6.07 Å². The molecule has 0 saturated carbocycles. The first-order valence-corrected chi connectivity index (χ1v) is 7.30. The summed E-state index contributed by atoms with van der Waals surface area (Å²) in [5.74, 6) is -1.47. The highest BCUT2D eigenvalue weighted by molar-refractivity contribution is 6.00. The fourth-order valence-electron chi connectivity index (χ4n) is 2.34. The lowest BCUT2D eigenvalue weighted by Crippen LogP contribution is -2.15. The number of alkyl halides is 3. The predicted molar refractivity (Wildman–Crippen MR) is 84.4 cm³/mol. The molecule has 128 valence electrons. The van der Waals surface area contributed by atoms with Gasteiger partial charge in [-0.2, -0.15) is 13.2 Å². The minimum absolute atomic E-state index is 0.165. The molecule has 2 aromatic carbocycles. The van der Waals surface area contributed by atoms with E-state index in [1.54, 1.807) is 24.3 Å². The molecule has 1 heterocycles. The fourth-order valence-corrected chi connectivity index (χ4v) is 2.34. The molecule has 3 aromatic rings. The van der Waals surface area contributed by atoms with Crippen molar-refractivity contribution in [2.45, 2.75) is 6.18 Å². The molecule has 0 radical (unpaired) electrons. The van der Waals surface area contributed by atoms with Gasteiger partial charge < -0.3 is 9.72 Å². The summed E-state index contributed by atoms with van der Waals surface area (Å²) < 4.78 is 42.9. The maximum atomic E-state index is 12.7. The van der Waals surface area contributed by atoms with Crippen LogP contribution in [-0.4, -0.2) is 23.3 Å². The SMILES string of the molecule is O=C(COC(=O)c1cc2ccccc2[nH]1)c1cccc(C(F)(F)F)c1. The molecule has 1 N–H and O–H groups in total. The van der Waals surface area contributed by atoms with Gasteiger partial charge in [-0.1, -0.05) is 30.3 Å². The second-order valence-corrected chi connectivity index (χ2v) is 5.35. The molecular formula is C18H12F3NO3. The second-order valence-electron chi connectivity index (χ2n) is 5.35. The van der Waals surface area contributed by atoms with Crippen molar-refractivity contribution in [1.29, 1.82) is 0 Å². The number of carbonyl (C=O) groups excluding carboxylic acids is 2. The molecule has 0 aliphatic heterocycles. The van der Waals surface area contributed by atoms with Gasteiger partial charge in [-0.05, 0) is 24.3 Å². The van der Waals surface area contributed by atoms with E-state index in [4.69, 9.17) is 4.74 Å². The predicted octanol–water partition coefficient (Wildman–Crippen LogP) is 4.23. The van der Waals surface area contributed by atoms with Crippen LogP contribution in [0.3, 0.4) is 0 Å². The molecule has 0 fully saturated rings. The number of Topliss-reactive ketones (excluding diaryl/α,β-unsaturated/α-hetero) is 1. The Morgan fingerprint density at radius 1 is 1.00 bits per heavy atom. The maximum Gasteiger partial charge on any atom is 0.416 e. The monoisotopic (exact) mass is 347 g/mol. The zero-order chi connectivity index (χ0) is 18.0. The van der Waals surface area contributed by atoms with Crippen LogP contribution in [0.4, 0.5) is 13.2 Å². The van der Waals surface area contributed by atoms with Crippen molar-refractivity contribution in [3.8, 4) is 0 Å². The van der Waals surface area contributed by atoms with Crippen LogP contribution in [0.2, 0.25) is 0 Å². The van der Waals surface area contributed by atoms with Gasteiger partial charge in [-0.15, -0.1) is 0 Å². The molecule has 4 nitrogen and oxygen atoms in total. The Morgan fingerprint density at radius 2 is 1.76 bits per heavy atom. The average molecular weight is 347 g/mol. The van der Waals surface area contributed by atoms with Crippen molar-refractivity contribution in [1.82, 2.24) is 4.98 Å². The van der Waals surface area contributed by atoms with Gasteiger partial charge in [-0.3, -0.25) is 4.79 Å². The van der Waals surface area contributed by atoms with Crippen LogP contribution in [0.15, 0.2) is 54.6 Å². The third kappa shape index (κ3) is 3.71. The van der Waals surface area contributed by atoms with E-state index >= 15 is 0 Å². The lowest BCUT2D eigenvalue weighted by Gasteiger charge is -2.08. The van der Waals surface area contributed by atoms with E-state index in [0.717, 1.165) is 29.1 Å². The Morgan fingerprint density at radius 3 is 2.48 bits per heavy atom. The van der Waals surface area contributed by atoms with Crippen LogP contribution >= 0.6 is 0 Å². The highest BCUT2D eigenvalue weighted by Crippen LogP contribution is 2.29. The third-order valence-electron chi connectivity index (χ3n) is 3.60. The number of rotatable bonds is 4. The van der Waals surface area contributed by atoms with Crippen LogP contribution in [0.5, 0.6) is 0 Å². The van der Waals surface area contributed by atoms with Crippen molar-refractivity contribution in [2.24, 2.45) is 0 Å². The number of aromatic nitrogens is 1. The molecule has 0 atom stereocenters. The number of hydrogen-bond acceptors (Lipinski definition) is 3. The summed E-state index contributed by atoms with van der Waals surface area (Å²) in [6.07, 6.45) is -4.54. The molecule has 0 saturated heterocycles. The minimum atomic E-state index is -4.54. The number of fused-ring (bicyclic) bond motifs is 1. The molecule has 0 spiro atoms. The summed E-state index contributed by atoms with van der Waals surface area (Å²) in [4.78, 5) is 26.8. The van der Waals surface area contributed by atoms with Gasteiger partial charge >= 0.3 is 12.1 Å². The first-order chi connectivity index (χ1) is 11.8. The van der Waals surface area contributed by atoms with E-state index in [9.17, 15) is 22.8 Å². The van der Waals surface area contributed by atoms with Crippen molar-refractivity contribution < 1.29 is 27.5 Å². The van der Waals surface area contributed by atoms with Crippen molar-refractivity contribution >= 4 is 22.7 Å². The summed E-state index contributed by atoms with van der Waals surface area (Å²) in [7, 11) is 0. The number of benzene rings is 2. The van der Waals surface area contributed by atoms with Crippen LogP contribution in [0.1, 0.15) is 26.4 Å². The number of nitrogens with one attached hydrogen (secondary N) is 1. The zero-order valence-electron chi connectivity index (χ0n) is 12.8. The van der Waals surface area contributed by atoms with Gasteiger partial charge in [0.2, 0.25) is 0 Å². The fraction of sp³-hybridized carbons (Fsp3) is 0.111. The molecule has 7 heteroatoms.